The highest BCUT2D eigenvalue weighted by Crippen LogP contribution is 2.34. The Morgan fingerprint density at radius 1 is 0.950 bits per heavy atom. The summed E-state index contributed by atoms with van der Waals surface area (Å²) in [5.74, 6) is -2.28. The van der Waals surface area contributed by atoms with Gasteiger partial charge in [-0.1, -0.05) is 18.2 Å². The number of hydrogen-bond donors (Lipinski definition) is 0. The summed E-state index contributed by atoms with van der Waals surface area (Å²) in [6.45, 7) is 0. The molecule has 0 N–H and O–H groups in total. The SMILES string of the molecule is N#Cc1c(F)cccc1-c1ccc(C(F)(F)F)c(F)c1. The van der Waals surface area contributed by atoms with Crippen LogP contribution in [0.2, 0.25) is 0 Å². The van der Waals surface area contributed by atoms with E-state index in [9.17, 15) is 22.0 Å². The predicted octanol–water partition coefficient (Wildman–Crippen LogP) is 4.52. The Kier molecular flexibility index (Phi) is 3.45. The summed E-state index contributed by atoms with van der Waals surface area (Å²) in [5, 5.41) is 8.85. The van der Waals surface area contributed by atoms with Crippen molar-refractivity contribution in [1.29, 1.82) is 5.26 Å². The highest BCUT2D eigenvalue weighted by molar-refractivity contribution is 5.71. The summed E-state index contributed by atoms with van der Waals surface area (Å²) in [6, 6.07) is 7.49. The van der Waals surface area contributed by atoms with E-state index in [0.29, 0.717) is 12.1 Å². The normalized spacial score (nSPS) is 11.2. The van der Waals surface area contributed by atoms with E-state index >= 15 is 0 Å². The molecule has 0 amide bonds. The quantitative estimate of drug-likeness (QED) is 0.706. The first-order valence-corrected chi connectivity index (χ1v) is 5.40. The molecule has 0 saturated carbocycles. The molecule has 0 radical (unpaired) electrons. The van der Waals surface area contributed by atoms with Gasteiger partial charge in [-0.15, -0.1) is 0 Å². The van der Waals surface area contributed by atoms with Crippen LogP contribution in [0.3, 0.4) is 0 Å². The predicted molar refractivity (Wildman–Crippen MR) is 61.5 cm³/mol. The van der Waals surface area contributed by atoms with Crippen molar-refractivity contribution in [3.05, 3.63) is 59.2 Å². The van der Waals surface area contributed by atoms with Gasteiger partial charge in [0.15, 0.2) is 0 Å². The van der Waals surface area contributed by atoms with Gasteiger partial charge in [0.05, 0.1) is 11.1 Å². The number of hydrogen-bond acceptors (Lipinski definition) is 1. The standard InChI is InChI=1S/C14H6F5N/c15-12-3-1-2-9(10(12)7-20)8-4-5-11(13(16)6-8)14(17,18)19/h1-6H. The minimum absolute atomic E-state index is 0.00606. The zero-order valence-corrected chi connectivity index (χ0v) is 9.80. The van der Waals surface area contributed by atoms with Gasteiger partial charge in [-0.05, 0) is 23.8 Å². The molecule has 102 valence electrons. The first-order valence-electron chi connectivity index (χ1n) is 5.40. The molecule has 0 aliphatic heterocycles. The van der Waals surface area contributed by atoms with Gasteiger partial charge >= 0.3 is 6.18 Å². The first-order chi connectivity index (χ1) is 9.34. The monoisotopic (exact) mass is 283 g/mol. The molecule has 0 aromatic heterocycles. The fraction of sp³-hybridized carbons (Fsp3) is 0.0714. The largest absolute Gasteiger partial charge is 0.419 e. The first kappa shape index (κ1) is 14.0. The van der Waals surface area contributed by atoms with Crippen molar-refractivity contribution in [2.24, 2.45) is 0 Å². The Morgan fingerprint density at radius 3 is 2.20 bits per heavy atom. The number of nitrogens with zero attached hydrogens (tertiary/aromatic N) is 1. The second kappa shape index (κ2) is 4.93. The van der Waals surface area contributed by atoms with E-state index in [0.717, 1.165) is 12.1 Å². The van der Waals surface area contributed by atoms with Gasteiger partial charge in [0.1, 0.15) is 17.7 Å². The Balaban J connectivity index is 2.60. The van der Waals surface area contributed by atoms with Crippen LogP contribution >= 0.6 is 0 Å². The van der Waals surface area contributed by atoms with Crippen LogP contribution in [0.15, 0.2) is 36.4 Å². The van der Waals surface area contributed by atoms with Crippen LogP contribution in [0.25, 0.3) is 11.1 Å². The van der Waals surface area contributed by atoms with Gasteiger partial charge in [0.2, 0.25) is 0 Å². The summed E-state index contributed by atoms with van der Waals surface area (Å²) in [5.41, 5.74) is -1.70. The molecule has 2 rings (SSSR count). The fourth-order valence-electron chi connectivity index (χ4n) is 1.79. The lowest BCUT2D eigenvalue weighted by Crippen LogP contribution is -2.08. The number of alkyl halides is 3. The molecule has 20 heavy (non-hydrogen) atoms. The van der Waals surface area contributed by atoms with Crippen molar-refractivity contribution < 1.29 is 22.0 Å². The van der Waals surface area contributed by atoms with Crippen molar-refractivity contribution in [1.82, 2.24) is 0 Å². The molecule has 0 unspecified atom stereocenters. The molecule has 6 heteroatoms. The number of nitriles is 1. The summed E-state index contributed by atoms with van der Waals surface area (Å²) in [4.78, 5) is 0. The van der Waals surface area contributed by atoms with Crippen molar-refractivity contribution in [3.63, 3.8) is 0 Å². The highest BCUT2D eigenvalue weighted by atomic mass is 19.4. The zero-order valence-electron chi connectivity index (χ0n) is 9.80. The summed E-state index contributed by atoms with van der Waals surface area (Å²) in [6.07, 6.45) is -4.80. The summed E-state index contributed by atoms with van der Waals surface area (Å²) in [7, 11) is 0. The second-order valence-electron chi connectivity index (χ2n) is 3.97. The van der Waals surface area contributed by atoms with Crippen LogP contribution in [0.1, 0.15) is 11.1 Å². The molecule has 0 saturated heterocycles. The molecule has 2 aromatic carbocycles. The molecule has 0 aliphatic rings. The van der Waals surface area contributed by atoms with E-state index in [1.807, 2.05) is 0 Å². The lowest BCUT2D eigenvalue weighted by molar-refractivity contribution is -0.139. The topological polar surface area (TPSA) is 23.8 Å². The van der Waals surface area contributed by atoms with Gasteiger partial charge in [-0.25, -0.2) is 8.78 Å². The van der Waals surface area contributed by atoms with E-state index in [2.05, 4.69) is 0 Å². The lowest BCUT2D eigenvalue weighted by Gasteiger charge is -2.10. The number of benzene rings is 2. The van der Waals surface area contributed by atoms with Crippen molar-refractivity contribution in [2.45, 2.75) is 6.18 Å². The van der Waals surface area contributed by atoms with E-state index in [4.69, 9.17) is 5.26 Å². The van der Waals surface area contributed by atoms with E-state index in [-0.39, 0.29) is 16.7 Å². The van der Waals surface area contributed by atoms with Gasteiger partial charge in [-0.3, -0.25) is 0 Å². The van der Waals surface area contributed by atoms with E-state index < -0.39 is 23.4 Å². The summed E-state index contributed by atoms with van der Waals surface area (Å²) < 4.78 is 64.2. The van der Waals surface area contributed by atoms with E-state index in [1.54, 1.807) is 6.07 Å². The third kappa shape index (κ3) is 2.48. The molecule has 2 aromatic rings. The minimum atomic E-state index is -4.80. The van der Waals surface area contributed by atoms with Crippen molar-refractivity contribution >= 4 is 0 Å². The second-order valence-corrected chi connectivity index (χ2v) is 3.97. The lowest BCUT2D eigenvalue weighted by atomic mass is 9.98. The third-order valence-corrected chi connectivity index (χ3v) is 2.71. The molecule has 0 bridgehead atoms. The van der Waals surface area contributed by atoms with E-state index in [1.165, 1.54) is 12.1 Å². The molecule has 0 aliphatic carbocycles. The molecule has 0 spiro atoms. The van der Waals surface area contributed by atoms with Crippen molar-refractivity contribution in [3.8, 4) is 17.2 Å². The average Bonchev–Trinajstić information content (AvgIpc) is 2.36. The Hall–Kier alpha value is -2.42. The maximum atomic E-state index is 13.5. The Bertz CT molecular complexity index is 698. The van der Waals surface area contributed by atoms with Crippen LogP contribution in [0, 0.1) is 23.0 Å². The highest BCUT2D eigenvalue weighted by Gasteiger charge is 2.34. The van der Waals surface area contributed by atoms with Crippen LogP contribution < -0.4 is 0 Å². The Labute approximate surface area is 110 Å². The van der Waals surface area contributed by atoms with Crippen LogP contribution in [-0.4, -0.2) is 0 Å². The van der Waals surface area contributed by atoms with Gasteiger partial charge in [0.25, 0.3) is 0 Å². The molecule has 1 nitrogen and oxygen atoms in total. The van der Waals surface area contributed by atoms with Gasteiger partial charge in [0, 0.05) is 5.56 Å². The fourth-order valence-corrected chi connectivity index (χ4v) is 1.79. The van der Waals surface area contributed by atoms with Crippen LogP contribution in [-0.2, 0) is 6.18 Å². The minimum Gasteiger partial charge on any atom is -0.206 e. The molecular weight excluding hydrogens is 277 g/mol. The maximum absolute atomic E-state index is 13.5. The maximum Gasteiger partial charge on any atom is 0.419 e. The van der Waals surface area contributed by atoms with Crippen LogP contribution in [0.4, 0.5) is 22.0 Å². The molecule has 0 atom stereocenters. The summed E-state index contributed by atoms with van der Waals surface area (Å²) >= 11 is 0. The van der Waals surface area contributed by atoms with Gasteiger partial charge in [-0.2, -0.15) is 18.4 Å². The number of halogens is 5. The number of rotatable bonds is 1. The van der Waals surface area contributed by atoms with Crippen molar-refractivity contribution in [2.75, 3.05) is 0 Å². The van der Waals surface area contributed by atoms with Crippen LogP contribution in [0.5, 0.6) is 0 Å². The van der Waals surface area contributed by atoms with Gasteiger partial charge < -0.3 is 0 Å². The molecular formula is C14H6F5N. The Morgan fingerprint density at radius 2 is 1.65 bits per heavy atom. The zero-order chi connectivity index (χ0) is 14.9. The average molecular weight is 283 g/mol. The molecule has 0 fully saturated rings. The molecule has 0 heterocycles. The smallest absolute Gasteiger partial charge is 0.206 e. The third-order valence-electron chi connectivity index (χ3n) is 2.71.